The third kappa shape index (κ3) is 3.29. The van der Waals surface area contributed by atoms with Crippen molar-refractivity contribution in [3.63, 3.8) is 0 Å². The van der Waals surface area contributed by atoms with Crippen molar-refractivity contribution in [2.75, 3.05) is 24.6 Å². The Balaban J connectivity index is 3.01. The third-order valence-electron chi connectivity index (χ3n) is 2.27. The second-order valence-corrected chi connectivity index (χ2v) is 3.43. The van der Waals surface area contributed by atoms with Gasteiger partial charge in [-0.3, -0.25) is 0 Å². The molecule has 0 radical (unpaired) electrons. The van der Waals surface area contributed by atoms with Crippen molar-refractivity contribution >= 4 is 11.7 Å². The Morgan fingerprint density at radius 1 is 1.53 bits per heavy atom. The number of halogens is 1. The minimum absolute atomic E-state index is 0.0733. The molecular formula is C12H14FNO3. The van der Waals surface area contributed by atoms with E-state index in [2.05, 4.69) is 6.58 Å². The number of benzene rings is 1. The number of aliphatic hydroxyl groups excluding tert-OH is 1. The van der Waals surface area contributed by atoms with Gasteiger partial charge in [0, 0.05) is 18.8 Å². The number of aliphatic hydroxyl groups is 1. The van der Waals surface area contributed by atoms with Crippen LogP contribution in [-0.2, 0) is 0 Å². The summed E-state index contributed by atoms with van der Waals surface area (Å²) in [5.74, 6) is -2.09. The third-order valence-corrected chi connectivity index (χ3v) is 2.27. The van der Waals surface area contributed by atoms with E-state index in [1.165, 1.54) is 12.1 Å². The second kappa shape index (κ2) is 6.00. The van der Waals surface area contributed by atoms with Gasteiger partial charge in [0.25, 0.3) is 0 Å². The Hall–Kier alpha value is -1.88. The van der Waals surface area contributed by atoms with Gasteiger partial charge in [0.15, 0.2) is 0 Å². The van der Waals surface area contributed by atoms with Gasteiger partial charge in [0.2, 0.25) is 0 Å². The Morgan fingerprint density at radius 2 is 2.24 bits per heavy atom. The lowest BCUT2D eigenvalue weighted by atomic mass is 10.2. The van der Waals surface area contributed by atoms with Crippen LogP contribution in [0.25, 0.3) is 0 Å². The van der Waals surface area contributed by atoms with Crippen LogP contribution in [0.15, 0.2) is 30.9 Å². The number of carboxylic acid groups (broad SMARTS) is 1. The summed E-state index contributed by atoms with van der Waals surface area (Å²) < 4.78 is 13.4. The highest BCUT2D eigenvalue weighted by molar-refractivity contribution is 5.88. The van der Waals surface area contributed by atoms with E-state index in [1.54, 1.807) is 11.0 Å². The summed E-state index contributed by atoms with van der Waals surface area (Å²) in [5, 5.41) is 17.6. The van der Waals surface area contributed by atoms with Crippen molar-refractivity contribution < 1.29 is 19.4 Å². The molecule has 0 aromatic heterocycles. The first-order chi connectivity index (χ1) is 8.10. The predicted molar refractivity (Wildman–Crippen MR) is 62.9 cm³/mol. The maximum Gasteiger partial charge on any atom is 0.338 e. The smallest absolute Gasteiger partial charge is 0.338 e. The van der Waals surface area contributed by atoms with Crippen molar-refractivity contribution in [2.45, 2.75) is 0 Å². The summed E-state index contributed by atoms with van der Waals surface area (Å²) in [4.78, 5) is 12.3. The van der Waals surface area contributed by atoms with Crippen LogP contribution in [0.3, 0.4) is 0 Å². The van der Waals surface area contributed by atoms with Crippen LogP contribution >= 0.6 is 0 Å². The normalized spacial score (nSPS) is 10.0. The summed E-state index contributed by atoms with van der Waals surface area (Å²) >= 11 is 0. The van der Waals surface area contributed by atoms with E-state index in [0.29, 0.717) is 18.8 Å². The first kappa shape index (κ1) is 13.2. The van der Waals surface area contributed by atoms with E-state index in [9.17, 15) is 9.18 Å². The number of rotatable bonds is 6. The number of anilines is 1. The summed E-state index contributed by atoms with van der Waals surface area (Å²) in [6.07, 6.45) is 1.62. The molecule has 0 heterocycles. The topological polar surface area (TPSA) is 60.8 Å². The zero-order valence-corrected chi connectivity index (χ0v) is 9.27. The van der Waals surface area contributed by atoms with E-state index in [0.717, 1.165) is 6.07 Å². The lowest BCUT2D eigenvalue weighted by Gasteiger charge is -2.22. The van der Waals surface area contributed by atoms with Gasteiger partial charge in [-0.05, 0) is 18.2 Å². The predicted octanol–water partition coefficient (Wildman–Crippen LogP) is 1.51. The fourth-order valence-corrected chi connectivity index (χ4v) is 1.48. The Bertz CT molecular complexity index is 420. The summed E-state index contributed by atoms with van der Waals surface area (Å²) in [6.45, 7) is 4.27. The van der Waals surface area contributed by atoms with E-state index >= 15 is 0 Å². The van der Waals surface area contributed by atoms with Gasteiger partial charge in [0.05, 0.1) is 12.2 Å². The van der Waals surface area contributed by atoms with E-state index in [4.69, 9.17) is 10.2 Å². The van der Waals surface area contributed by atoms with Crippen molar-refractivity contribution in [3.8, 4) is 0 Å². The molecule has 92 valence electrons. The van der Waals surface area contributed by atoms with Gasteiger partial charge in [-0.15, -0.1) is 6.58 Å². The second-order valence-electron chi connectivity index (χ2n) is 3.43. The minimum Gasteiger partial charge on any atom is -0.478 e. The number of nitrogens with zero attached hydrogens (tertiary/aromatic N) is 1. The highest BCUT2D eigenvalue weighted by Crippen LogP contribution is 2.18. The molecule has 1 aromatic rings. The fourth-order valence-electron chi connectivity index (χ4n) is 1.48. The summed E-state index contributed by atoms with van der Waals surface area (Å²) in [7, 11) is 0. The van der Waals surface area contributed by atoms with Crippen LogP contribution in [-0.4, -0.2) is 35.9 Å². The highest BCUT2D eigenvalue weighted by Gasteiger charge is 2.12. The molecule has 5 heteroatoms. The maximum absolute atomic E-state index is 13.4. The van der Waals surface area contributed by atoms with Gasteiger partial charge in [-0.25, -0.2) is 9.18 Å². The molecule has 0 fully saturated rings. The first-order valence-corrected chi connectivity index (χ1v) is 5.09. The quantitative estimate of drug-likeness (QED) is 0.739. The van der Waals surface area contributed by atoms with Crippen molar-refractivity contribution in [3.05, 3.63) is 42.2 Å². The van der Waals surface area contributed by atoms with E-state index < -0.39 is 11.8 Å². The minimum atomic E-state index is -1.30. The standard InChI is InChI=1S/C12H14FNO3/c1-2-5-14(6-7-15)9-3-4-10(12(16)17)11(13)8-9/h2-4,8,15H,1,5-7H2,(H,16,17). The molecule has 0 aliphatic carbocycles. The lowest BCUT2D eigenvalue weighted by Crippen LogP contribution is -2.26. The van der Waals surface area contributed by atoms with Crippen LogP contribution in [0.4, 0.5) is 10.1 Å². The molecule has 2 N–H and O–H groups in total. The molecule has 0 amide bonds. The van der Waals surface area contributed by atoms with Crippen molar-refractivity contribution in [1.82, 2.24) is 0 Å². The average Bonchev–Trinajstić information content (AvgIpc) is 2.28. The molecule has 1 aromatic carbocycles. The number of hydrogen-bond donors (Lipinski definition) is 2. The van der Waals surface area contributed by atoms with Crippen LogP contribution in [0.2, 0.25) is 0 Å². The first-order valence-electron chi connectivity index (χ1n) is 5.09. The zero-order chi connectivity index (χ0) is 12.8. The summed E-state index contributed by atoms with van der Waals surface area (Å²) in [5.41, 5.74) is 0.151. The van der Waals surface area contributed by atoms with Crippen LogP contribution in [0.1, 0.15) is 10.4 Å². The fraction of sp³-hybridized carbons (Fsp3) is 0.250. The van der Waals surface area contributed by atoms with Gasteiger partial charge >= 0.3 is 5.97 Å². The highest BCUT2D eigenvalue weighted by atomic mass is 19.1. The maximum atomic E-state index is 13.4. The SMILES string of the molecule is C=CCN(CCO)c1ccc(C(=O)O)c(F)c1. The largest absolute Gasteiger partial charge is 0.478 e. The molecule has 0 saturated heterocycles. The lowest BCUT2D eigenvalue weighted by molar-refractivity contribution is 0.0692. The molecule has 0 saturated carbocycles. The van der Waals surface area contributed by atoms with Crippen LogP contribution < -0.4 is 4.90 Å². The molecule has 0 bridgehead atoms. The monoisotopic (exact) mass is 239 g/mol. The molecule has 0 atom stereocenters. The zero-order valence-electron chi connectivity index (χ0n) is 9.27. The Labute approximate surface area is 98.6 Å². The number of carboxylic acids is 1. The van der Waals surface area contributed by atoms with Crippen molar-refractivity contribution in [1.29, 1.82) is 0 Å². The molecule has 17 heavy (non-hydrogen) atoms. The van der Waals surface area contributed by atoms with Gasteiger partial charge < -0.3 is 15.1 Å². The molecule has 0 aliphatic heterocycles. The van der Waals surface area contributed by atoms with Crippen LogP contribution in [0.5, 0.6) is 0 Å². The number of aromatic carboxylic acids is 1. The molecule has 0 aliphatic rings. The van der Waals surface area contributed by atoms with Gasteiger partial charge in [-0.2, -0.15) is 0 Å². The molecule has 4 nitrogen and oxygen atoms in total. The molecule has 0 unspecified atom stereocenters. The van der Waals surface area contributed by atoms with Crippen molar-refractivity contribution in [2.24, 2.45) is 0 Å². The van der Waals surface area contributed by atoms with Crippen LogP contribution in [0, 0.1) is 5.82 Å². The number of carbonyl (C=O) groups is 1. The Kier molecular flexibility index (Phi) is 4.66. The molecule has 0 spiro atoms. The van der Waals surface area contributed by atoms with Gasteiger partial charge in [0.1, 0.15) is 5.82 Å². The average molecular weight is 239 g/mol. The van der Waals surface area contributed by atoms with E-state index in [1.807, 2.05) is 0 Å². The molecule has 1 rings (SSSR count). The van der Waals surface area contributed by atoms with E-state index in [-0.39, 0.29) is 12.2 Å². The molecular weight excluding hydrogens is 225 g/mol. The Morgan fingerprint density at radius 3 is 2.71 bits per heavy atom. The van der Waals surface area contributed by atoms with Gasteiger partial charge in [-0.1, -0.05) is 6.08 Å². The summed E-state index contributed by atoms with van der Waals surface area (Å²) in [6, 6.07) is 3.86. The number of hydrogen-bond acceptors (Lipinski definition) is 3.